The van der Waals surface area contributed by atoms with Crippen molar-refractivity contribution in [2.24, 2.45) is 0 Å². The second-order valence-corrected chi connectivity index (χ2v) is 9.16. The van der Waals surface area contributed by atoms with Crippen molar-refractivity contribution in [3.63, 3.8) is 0 Å². The molecule has 1 fully saturated rings. The van der Waals surface area contributed by atoms with Crippen LogP contribution >= 0.6 is 15.9 Å². The summed E-state index contributed by atoms with van der Waals surface area (Å²) >= 11 is 3.36. The number of carbonyl (C=O) groups is 1. The van der Waals surface area contributed by atoms with Crippen molar-refractivity contribution in [3.05, 3.63) is 59.1 Å². The number of anilines is 1. The van der Waals surface area contributed by atoms with E-state index in [9.17, 15) is 13.2 Å². The van der Waals surface area contributed by atoms with Crippen LogP contribution in [0.2, 0.25) is 0 Å². The van der Waals surface area contributed by atoms with E-state index in [-0.39, 0.29) is 4.90 Å². The number of rotatable bonds is 4. The van der Waals surface area contributed by atoms with Gasteiger partial charge in [0, 0.05) is 10.2 Å². The molecule has 2 aromatic carbocycles. The number of benzene rings is 2. The van der Waals surface area contributed by atoms with Crippen molar-refractivity contribution in [2.75, 3.05) is 5.32 Å². The smallest absolute Gasteiger partial charge is 0.246 e. The van der Waals surface area contributed by atoms with Gasteiger partial charge in [-0.2, -0.15) is 0 Å². The van der Waals surface area contributed by atoms with Gasteiger partial charge < -0.3 is 5.32 Å². The summed E-state index contributed by atoms with van der Waals surface area (Å²) in [5, 5.41) is 2.79. The van der Waals surface area contributed by atoms with Crippen molar-refractivity contribution < 1.29 is 13.2 Å². The van der Waals surface area contributed by atoms with Gasteiger partial charge in [0.2, 0.25) is 5.91 Å². The highest BCUT2D eigenvalue weighted by molar-refractivity contribution is 9.10. The van der Waals surface area contributed by atoms with Crippen LogP contribution in [0, 0.1) is 0 Å². The van der Waals surface area contributed by atoms with Gasteiger partial charge in [0.25, 0.3) is 0 Å². The van der Waals surface area contributed by atoms with Crippen LogP contribution < -0.4 is 5.32 Å². The topological polar surface area (TPSA) is 63.2 Å². The summed E-state index contributed by atoms with van der Waals surface area (Å²) in [6.07, 6.45) is 2.17. The van der Waals surface area contributed by atoms with Crippen LogP contribution in [0.15, 0.2) is 64.0 Å². The van der Waals surface area contributed by atoms with Crippen LogP contribution in [0.4, 0.5) is 5.69 Å². The molecule has 4 nitrogen and oxygen atoms in total. The predicted molar refractivity (Wildman–Crippen MR) is 97.6 cm³/mol. The average molecular weight is 408 g/mol. The lowest BCUT2D eigenvalue weighted by Crippen LogP contribution is -2.47. The maximum atomic E-state index is 13.2. The van der Waals surface area contributed by atoms with Crippen molar-refractivity contribution >= 4 is 37.4 Å². The molecule has 24 heavy (non-hydrogen) atoms. The molecule has 0 radical (unpaired) electrons. The van der Waals surface area contributed by atoms with E-state index in [1.807, 2.05) is 6.07 Å². The standard InChI is InChI=1S/C18H18BrNO3S/c19-14-7-6-8-15(13-14)20-17(21)18(11-4-5-12-18)24(22,23)16-9-2-1-3-10-16/h1-3,6-10,13H,4-5,11-12H2,(H,20,21). The fourth-order valence-corrected chi connectivity index (χ4v) is 5.69. The maximum Gasteiger partial charge on any atom is 0.246 e. The van der Waals surface area contributed by atoms with Crippen LogP contribution in [0.3, 0.4) is 0 Å². The van der Waals surface area contributed by atoms with E-state index < -0.39 is 20.5 Å². The minimum Gasteiger partial charge on any atom is -0.325 e. The number of hydrogen-bond acceptors (Lipinski definition) is 3. The first-order valence-electron chi connectivity index (χ1n) is 7.82. The van der Waals surface area contributed by atoms with Gasteiger partial charge in [0.05, 0.1) is 4.90 Å². The van der Waals surface area contributed by atoms with Gasteiger partial charge in [-0.25, -0.2) is 8.42 Å². The lowest BCUT2D eigenvalue weighted by atomic mass is 10.1. The molecule has 0 unspecified atom stereocenters. The third-order valence-corrected chi connectivity index (χ3v) is 7.48. The van der Waals surface area contributed by atoms with Crippen molar-refractivity contribution in [3.8, 4) is 0 Å². The molecular weight excluding hydrogens is 390 g/mol. The van der Waals surface area contributed by atoms with Crippen LogP contribution in [0.5, 0.6) is 0 Å². The van der Waals surface area contributed by atoms with Crippen molar-refractivity contribution in [1.82, 2.24) is 0 Å². The number of carbonyl (C=O) groups excluding carboxylic acids is 1. The monoisotopic (exact) mass is 407 g/mol. The van der Waals surface area contributed by atoms with E-state index in [0.717, 1.165) is 17.3 Å². The molecule has 0 aliphatic heterocycles. The third kappa shape index (κ3) is 3.00. The first-order chi connectivity index (χ1) is 11.5. The highest BCUT2D eigenvalue weighted by Crippen LogP contribution is 2.41. The van der Waals surface area contributed by atoms with E-state index in [0.29, 0.717) is 18.5 Å². The lowest BCUT2D eigenvalue weighted by Gasteiger charge is -2.27. The summed E-state index contributed by atoms with van der Waals surface area (Å²) in [6.45, 7) is 0. The molecule has 1 amide bonds. The van der Waals surface area contributed by atoms with Gasteiger partial charge in [0.1, 0.15) is 0 Å². The zero-order valence-corrected chi connectivity index (χ0v) is 15.4. The molecule has 0 bridgehead atoms. The quantitative estimate of drug-likeness (QED) is 0.826. The van der Waals surface area contributed by atoms with Crippen LogP contribution in [0.1, 0.15) is 25.7 Å². The molecule has 1 saturated carbocycles. The summed E-state index contributed by atoms with van der Waals surface area (Å²) in [4.78, 5) is 13.2. The summed E-state index contributed by atoms with van der Waals surface area (Å²) in [5.41, 5.74) is 0.587. The molecular formula is C18H18BrNO3S. The zero-order valence-electron chi connectivity index (χ0n) is 13.0. The van der Waals surface area contributed by atoms with Gasteiger partial charge in [-0.05, 0) is 43.2 Å². The molecule has 0 atom stereocenters. The second kappa shape index (κ2) is 6.69. The van der Waals surface area contributed by atoms with E-state index >= 15 is 0 Å². The van der Waals surface area contributed by atoms with Crippen LogP contribution in [-0.4, -0.2) is 19.1 Å². The van der Waals surface area contributed by atoms with E-state index in [1.54, 1.807) is 48.5 Å². The molecule has 1 N–H and O–H groups in total. The Morgan fingerprint density at radius 3 is 2.29 bits per heavy atom. The Kier molecular flexibility index (Phi) is 4.78. The molecule has 126 valence electrons. The first-order valence-corrected chi connectivity index (χ1v) is 10.1. The first kappa shape index (κ1) is 17.2. The zero-order chi connectivity index (χ0) is 17.2. The Labute approximate surface area is 150 Å². The van der Waals surface area contributed by atoms with E-state index in [4.69, 9.17) is 0 Å². The van der Waals surface area contributed by atoms with E-state index in [1.165, 1.54) is 0 Å². The molecule has 0 spiro atoms. The SMILES string of the molecule is O=C(Nc1cccc(Br)c1)C1(S(=O)(=O)c2ccccc2)CCCC1. The number of hydrogen-bond donors (Lipinski definition) is 1. The summed E-state index contributed by atoms with van der Waals surface area (Å²) in [5.74, 6) is -0.443. The molecule has 6 heteroatoms. The fraction of sp³-hybridized carbons (Fsp3) is 0.278. The summed E-state index contributed by atoms with van der Waals surface area (Å²) in [7, 11) is -3.75. The maximum absolute atomic E-state index is 13.2. The number of amides is 1. The van der Waals surface area contributed by atoms with Crippen molar-refractivity contribution in [1.29, 1.82) is 0 Å². The minimum atomic E-state index is -3.75. The van der Waals surface area contributed by atoms with Crippen LogP contribution in [0.25, 0.3) is 0 Å². The Morgan fingerprint density at radius 2 is 1.67 bits per heavy atom. The van der Waals surface area contributed by atoms with Gasteiger partial charge in [-0.15, -0.1) is 0 Å². The Hall–Kier alpha value is -1.66. The fourth-order valence-electron chi connectivity index (χ4n) is 3.20. The van der Waals surface area contributed by atoms with E-state index in [2.05, 4.69) is 21.2 Å². The minimum absolute atomic E-state index is 0.205. The van der Waals surface area contributed by atoms with Crippen LogP contribution in [-0.2, 0) is 14.6 Å². The average Bonchev–Trinajstić information content (AvgIpc) is 3.07. The number of halogens is 1. The van der Waals surface area contributed by atoms with Gasteiger partial charge in [0.15, 0.2) is 14.6 Å². The normalized spacial score (nSPS) is 16.7. The summed E-state index contributed by atoms with van der Waals surface area (Å²) < 4.78 is 25.8. The third-order valence-electron chi connectivity index (χ3n) is 4.48. The predicted octanol–water partition coefficient (Wildman–Crippen LogP) is 4.17. The molecule has 0 aromatic heterocycles. The highest BCUT2D eigenvalue weighted by Gasteiger charge is 2.52. The Morgan fingerprint density at radius 1 is 1.00 bits per heavy atom. The Balaban J connectivity index is 1.98. The molecule has 1 aliphatic carbocycles. The lowest BCUT2D eigenvalue weighted by molar-refractivity contribution is -0.118. The Bertz CT molecular complexity index is 844. The highest BCUT2D eigenvalue weighted by atomic mass is 79.9. The van der Waals surface area contributed by atoms with Gasteiger partial charge in [-0.3, -0.25) is 4.79 Å². The molecule has 0 heterocycles. The largest absolute Gasteiger partial charge is 0.325 e. The number of sulfone groups is 1. The molecule has 3 rings (SSSR count). The van der Waals surface area contributed by atoms with Gasteiger partial charge >= 0.3 is 0 Å². The number of nitrogens with one attached hydrogen (secondary N) is 1. The van der Waals surface area contributed by atoms with Crippen molar-refractivity contribution in [2.45, 2.75) is 35.3 Å². The molecule has 1 aliphatic rings. The molecule has 2 aromatic rings. The van der Waals surface area contributed by atoms with Gasteiger partial charge in [-0.1, -0.05) is 53.0 Å². The summed E-state index contributed by atoms with van der Waals surface area (Å²) in [6, 6.07) is 15.4. The second-order valence-electron chi connectivity index (χ2n) is 5.98. The molecule has 0 saturated heterocycles.